The Morgan fingerprint density at radius 2 is 1.70 bits per heavy atom. The van der Waals surface area contributed by atoms with Crippen LogP contribution in [0.5, 0.6) is 0 Å². The molecule has 0 aromatic heterocycles. The van der Waals surface area contributed by atoms with Crippen molar-refractivity contribution < 1.29 is 14.6 Å². The molecule has 1 aliphatic rings. The van der Waals surface area contributed by atoms with E-state index >= 15 is 0 Å². The lowest BCUT2D eigenvalue weighted by Crippen LogP contribution is -2.05. The topological polar surface area (TPSA) is 46.5 Å². The largest absolute Gasteiger partial charge is 0.454 e. The molecule has 0 spiro atoms. The lowest BCUT2D eigenvalue weighted by Gasteiger charge is -2.11. The number of benzene rings is 1. The van der Waals surface area contributed by atoms with Gasteiger partial charge in [0.05, 0.1) is 11.7 Å². The molecule has 2 atom stereocenters. The van der Waals surface area contributed by atoms with Crippen molar-refractivity contribution in [3.8, 4) is 0 Å². The fourth-order valence-corrected chi connectivity index (χ4v) is 1.83. The molecule has 3 nitrogen and oxygen atoms in total. The molecule has 2 unspecified atom stereocenters. The Morgan fingerprint density at radius 1 is 1.17 bits per heavy atom. The predicted octanol–water partition coefficient (Wildman–Crippen LogP) is 5.69. The Kier molecular flexibility index (Phi) is 15.7. The molecule has 1 aliphatic heterocycles. The van der Waals surface area contributed by atoms with Crippen molar-refractivity contribution in [2.45, 2.75) is 72.5 Å². The normalized spacial score (nSPS) is 15.4. The number of fused-ring (bicyclic) bond motifs is 1. The van der Waals surface area contributed by atoms with E-state index in [1.807, 2.05) is 32.0 Å². The van der Waals surface area contributed by atoms with Gasteiger partial charge < -0.3 is 9.84 Å². The number of unbranched alkanes of at least 4 members (excludes halogenated alkanes) is 1. The van der Waals surface area contributed by atoms with Crippen LogP contribution in [-0.4, -0.2) is 17.2 Å². The van der Waals surface area contributed by atoms with Gasteiger partial charge in [0, 0.05) is 5.56 Å². The van der Waals surface area contributed by atoms with Crippen molar-refractivity contribution in [2.24, 2.45) is 0 Å². The van der Waals surface area contributed by atoms with Crippen molar-refractivity contribution >= 4 is 5.97 Å². The van der Waals surface area contributed by atoms with Crippen LogP contribution in [-0.2, 0) is 4.74 Å². The number of rotatable bonds is 4. The number of carbonyl (C=O) groups is 1. The molecule has 23 heavy (non-hydrogen) atoms. The quantitative estimate of drug-likeness (QED) is 0.572. The molecule has 3 heteroatoms. The van der Waals surface area contributed by atoms with Gasteiger partial charge in [0.15, 0.2) is 0 Å². The number of ether oxygens (including phenoxy) is 1. The minimum atomic E-state index is -0.350. The van der Waals surface area contributed by atoms with Crippen LogP contribution in [0.4, 0.5) is 0 Å². The van der Waals surface area contributed by atoms with E-state index in [0.717, 1.165) is 5.56 Å². The number of aliphatic hydroxyl groups excluding tert-OH is 1. The molecule has 0 radical (unpaired) electrons. The predicted molar refractivity (Wildman–Crippen MR) is 98.7 cm³/mol. The molecule has 1 heterocycles. The number of esters is 1. The Labute approximate surface area is 142 Å². The van der Waals surface area contributed by atoms with Crippen LogP contribution in [0.15, 0.2) is 37.4 Å². The third kappa shape index (κ3) is 9.19. The number of aliphatic hydroxyl groups is 1. The Bertz CT molecular complexity index is 411. The third-order valence-corrected chi connectivity index (χ3v) is 3.12. The first-order valence-corrected chi connectivity index (χ1v) is 8.58. The van der Waals surface area contributed by atoms with Gasteiger partial charge in [-0.05, 0) is 25.8 Å². The smallest absolute Gasteiger partial charge is 0.339 e. The van der Waals surface area contributed by atoms with Gasteiger partial charge in [-0.15, -0.1) is 13.2 Å². The maximum absolute atomic E-state index is 11.4. The van der Waals surface area contributed by atoms with E-state index in [2.05, 4.69) is 27.0 Å². The summed E-state index contributed by atoms with van der Waals surface area (Å²) < 4.78 is 5.23. The molecule has 1 N–H and O–H groups in total. The molecule has 0 fully saturated rings. The fraction of sp³-hybridized carbons (Fsp3) is 0.550. The highest BCUT2D eigenvalue weighted by Gasteiger charge is 2.30. The zero-order valence-corrected chi connectivity index (χ0v) is 15.5. The molecule has 0 bridgehead atoms. The van der Waals surface area contributed by atoms with Gasteiger partial charge in [-0.1, -0.05) is 58.7 Å². The summed E-state index contributed by atoms with van der Waals surface area (Å²) in [7, 11) is 0. The van der Waals surface area contributed by atoms with Crippen molar-refractivity contribution in [2.75, 3.05) is 0 Å². The van der Waals surface area contributed by atoms with E-state index in [-0.39, 0.29) is 18.2 Å². The highest BCUT2D eigenvalue weighted by molar-refractivity contribution is 5.93. The second-order valence-electron chi connectivity index (χ2n) is 4.91. The highest BCUT2D eigenvalue weighted by Crippen LogP contribution is 2.33. The first-order valence-electron chi connectivity index (χ1n) is 8.58. The van der Waals surface area contributed by atoms with Crippen molar-refractivity contribution in [1.82, 2.24) is 0 Å². The molecular weight excluding hydrogens is 288 g/mol. The standard InChI is InChI=1S/C12H14O3.C4H10.C2H6.C2H4/c1-8(13)6-7-11-9-4-2-3-5-10(9)12(14)15-11;1-3-4-2;2*1-2/h2-5,8,11,13H,6-7H2,1H3;3-4H2,1-2H3;1-2H3;1-2H2. The van der Waals surface area contributed by atoms with Crippen molar-refractivity contribution in [3.05, 3.63) is 48.6 Å². The van der Waals surface area contributed by atoms with Crippen LogP contribution in [0.3, 0.4) is 0 Å². The zero-order valence-electron chi connectivity index (χ0n) is 15.5. The van der Waals surface area contributed by atoms with Gasteiger partial charge in [0.1, 0.15) is 6.10 Å². The Balaban J connectivity index is 0. The second kappa shape index (κ2) is 15.3. The molecule has 0 saturated carbocycles. The van der Waals surface area contributed by atoms with Gasteiger partial charge in [-0.3, -0.25) is 0 Å². The minimum absolute atomic E-state index is 0.178. The summed E-state index contributed by atoms with van der Waals surface area (Å²) in [6.45, 7) is 16.1. The second-order valence-corrected chi connectivity index (χ2v) is 4.91. The monoisotopic (exact) mass is 322 g/mol. The summed E-state index contributed by atoms with van der Waals surface area (Å²) in [6, 6.07) is 7.42. The fourth-order valence-electron chi connectivity index (χ4n) is 1.83. The molecule has 2 rings (SSSR count). The van der Waals surface area contributed by atoms with Crippen LogP contribution >= 0.6 is 0 Å². The zero-order chi connectivity index (χ0) is 18.3. The van der Waals surface area contributed by atoms with Crippen molar-refractivity contribution in [3.63, 3.8) is 0 Å². The van der Waals surface area contributed by atoms with Crippen molar-refractivity contribution in [1.29, 1.82) is 0 Å². The molecule has 1 aromatic carbocycles. The van der Waals surface area contributed by atoms with E-state index in [4.69, 9.17) is 4.74 Å². The molecular formula is C20H34O3. The summed E-state index contributed by atoms with van der Waals surface area (Å²) in [5.74, 6) is -0.249. The van der Waals surface area contributed by atoms with Gasteiger partial charge in [0.25, 0.3) is 0 Å². The number of hydrogen-bond acceptors (Lipinski definition) is 3. The minimum Gasteiger partial charge on any atom is -0.454 e. The summed E-state index contributed by atoms with van der Waals surface area (Å²) in [5, 5.41) is 9.19. The van der Waals surface area contributed by atoms with Gasteiger partial charge in [-0.25, -0.2) is 4.79 Å². The van der Waals surface area contributed by atoms with Gasteiger partial charge in [-0.2, -0.15) is 0 Å². The maximum Gasteiger partial charge on any atom is 0.339 e. The lowest BCUT2D eigenvalue weighted by molar-refractivity contribution is 0.0333. The van der Waals surface area contributed by atoms with Crippen LogP contribution < -0.4 is 0 Å². The van der Waals surface area contributed by atoms with E-state index in [1.54, 1.807) is 13.0 Å². The molecule has 132 valence electrons. The average molecular weight is 322 g/mol. The van der Waals surface area contributed by atoms with E-state index in [9.17, 15) is 9.90 Å². The first-order chi connectivity index (χ1) is 11.1. The summed E-state index contributed by atoms with van der Waals surface area (Å²) in [6.07, 6.45) is 3.44. The Morgan fingerprint density at radius 3 is 2.17 bits per heavy atom. The van der Waals surface area contributed by atoms with Crippen LogP contribution in [0.1, 0.15) is 82.3 Å². The molecule has 0 aliphatic carbocycles. The number of cyclic esters (lactones) is 1. The van der Waals surface area contributed by atoms with E-state index < -0.39 is 0 Å². The molecule has 1 aromatic rings. The SMILES string of the molecule is C=C.CC.CC(O)CCC1OC(=O)c2ccccc21.CCCC. The molecule has 0 saturated heterocycles. The third-order valence-electron chi connectivity index (χ3n) is 3.12. The van der Waals surface area contributed by atoms with Crippen LogP contribution in [0.25, 0.3) is 0 Å². The Hall–Kier alpha value is -1.61. The molecule has 0 amide bonds. The highest BCUT2D eigenvalue weighted by atomic mass is 16.5. The number of carbonyl (C=O) groups excluding carboxylic acids is 1. The average Bonchev–Trinajstić information content (AvgIpc) is 2.93. The van der Waals surface area contributed by atoms with Gasteiger partial charge >= 0.3 is 5.97 Å². The van der Waals surface area contributed by atoms with Gasteiger partial charge in [0.2, 0.25) is 0 Å². The summed E-state index contributed by atoms with van der Waals surface area (Å²) in [5.41, 5.74) is 1.61. The van der Waals surface area contributed by atoms with E-state index in [1.165, 1.54) is 12.8 Å². The van der Waals surface area contributed by atoms with Crippen LogP contribution in [0, 0.1) is 0 Å². The van der Waals surface area contributed by atoms with Crippen LogP contribution in [0.2, 0.25) is 0 Å². The lowest BCUT2D eigenvalue weighted by atomic mass is 10.0. The van der Waals surface area contributed by atoms with E-state index in [0.29, 0.717) is 18.4 Å². The first kappa shape index (κ1) is 23.7. The number of hydrogen-bond donors (Lipinski definition) is 1. The summed E-state index contributed by atoms with van der Waals surface area (Å²) in [4.78, 5) is 11.4. The maximum atomic E-state index is 11.4. The summed E-state index contributed by atoms with van der Waals surface area (Å²) >= 11 is 0.